The van der Waals surface area contributed by atoms with E-state index in [0.29, 0.717) is 36.0 Å². The summed E-state index contributed by atoms with van der Waals surface area (Å²) in [7, 11) is 0. The first-order valence-electron chi connectivity index (χ1n) is 11.7. The van der Waals surface area contributed by atoms with Crippen LogP contribution in [-0.4, -0.2) is 23.8 Å². The second-order valence-corrected chi connectivity index (χ2v) is 10.0. The number of alkyl carbamates (subject to hydrolysis) is 1. The van der Waals surface area contributed by atoms with E-state index in [0.717, 1.165) is 51.4 Å². The Bertz CT molecular complexity index is 748. The van der Waals surface area contributed by atoms with Gasteiger partial charge in [0, 0.05) is 12.0 Å². The van der Waals surface area contributed by atoms with E-state index >= 15 is 0 Å². The average molecular weight is 400 g/mol. The van der Waals surface area contributed by atoms with Gasteiger partial charge in [0.1, 0.15) is 11.9 Å². The number of carbonyl (C=O) groups excluding carboxylic acids is 1. The molecule has 1 amide bonds. The average Bonchev–Trinajstić information content (AvgIpc) is 3.01. The Morgan fingerprint density at radius 2 is 2.10 bits per heavy atom. The topological polar surface area (TPSA) is 58.6 Å². The van der Waals surface area contributed by atoms with E-state index in [9.17, 15) is 9.90 Å². The minimum absolute atomic E-state index is 0.0352. The molecule has 2 saturated carbocycles. The lowest BCUT2D eigenvalue weighted by atomic mass is 9.53. The smallest absolute Gasteiger partial charge is 0.407 e. The van der Waals surface area contributed by atoms with Crippen LogP contribution in [0.3, 0.4) is 0 Å². The van der Waals surface area contributed by atoms with Crippen LogP contribution in [0.15, 0.2) is 18.2 Å². The third-order valence-corrected chi connectivity index (χ3v) is 8.27. The molecule has 3 unspecified atom stereocenters. The number of amides is 1. The van der Waals surface area contributed by atoms with E-state index in [-0.39, 0.29) is 17.6 Å². The number of ether oxygens (including phenoxy) is 1. The highest BCUT2D eigenvalue weighted by molar-refractivity contribution is 5.67. The quantitative estimate of drug-likeness (QED) is 0.617. The van der Waals surface area contributed by atoms with Crippen molar-refractivity contribution in [1.82, 2.24) is 5.32 Å². The lowest BCUT2D eigenvalue weighted by Gasteiger charge is -2.52. The number of carbonyl (C=O) groups is 1. The number of phenolic OH excluding ortho intramolecular Hbond substituents is 1. The van der Waals surface area contributed by atoms with Gasteiger partial charge in [-0.25, -0.2) is 4.79 Å². The van der Waals surface area contributed by atoms with Crippen LogP contribution in [0.5, 0.6) is 5.75 Å². The number of phenols is 1. The van der Waals surface area contributed by atoms with E-state index in [1.54, 1.807) is 0 Å². The zero-order valence-corrected chi connectivity index (χ0v) is 18.2. The molecule has 3 aliphatic rings. The van der Waals surface area contributed by atoms with Crippen LogP contribution in [0.25, 0.3) is 0 Å². The molecule has 2 N–H and O–H groups in total. The molecule has 1 aromatic carbocycles. The first kappa shape index (κ1) is 20.6. The standard InChI is InChI=1S/C25H37NO3/c1-4-5-6-13-26-24(28)29-22-10-9-21-23-16(2)14-17-15-18(27)7-8-19(17)20(23)11-12-25(21,22)3/h7-8,15-16,20-23,27H,4-6,9-14H2,1-3H3,(H,26,28)/t16-,20?,21?,22-,23?,25-/m0/s1. The largest absolute Gasteiger partial charge is 0.508 e. The molecule has 0 aromatic heterocycles. The predicted molar refractivity (Wildman–Crippen MR) is 115 cm³/mol. The maximum absolute atomic E-state index is 12.4. The Balaban J connectivity index is 1.46. The summed E-state index contributed by atoms with van der Waals surface area (Å²) in [5, 5.41) is 12.9. The summed E-state index contributed by atoms with van der Waals surface area (Å²) in [4.78, 5) is 12.4. The summed E-state index contributed by atoms with van der Waals surface area (Å²) in [5.74, 6) is 2.81. The molecule has 3 aliphatic carbocycles. The summed E-state index contributed by atoms with van der Waals surface area (Å²) in [6.45, 7) is 7.63. The van der Waals surface area contributed by atoms with Gasteiger partial charge in [0.2, 0.25) is 0 Å². The van der Waals surface area contributed by atoms with Crippen LogP contribution in [0.1, 0.15) is 82.8 Å². The molecule has 2 fully saturated rings. The molecule has 1 aromatic rings. The van der Waals surface area contributed by atoms with Crippen LogP contribution in [0.2, 0.25) is 0 Å². The molecule has 4 rings (SSSR count). The number of nitrogens with one attached hydrogen (secondary N) is 1. The number of fused-ring (bicyclic) bond motifs is 5. The van der Waals surface area contributed by atoms with Gasteiger partial charge in [0.15, 0.2) is 0 Å². The summed E-state index contributed by atoms with van der Waals surface area (Å²) in [6, 6.07) is 5.98. The van der Waals surface area contributed by atoms with Gasteiger partial charge in [-0.1, -0.05) is 39.7 Å². The van der Waals surface area contributed by atoms with Crippen LogP contribution in [0, 0.1) is 23.2 Å². The lowest BCUT2D eigenvalue weighted by Crippen LogP contribution is -2.48. The zero-order chi connectivity index (χ0) is 20.6. The molecule has 0 spiro atoms. The Kier molecular flexibility index (Phi) is 5.81. The molecule has 0 radical (unpaired) electrons. The number of unbranched alkanes of at least 4 members (excludes halogenated alkanes) is 2. The molecule has 0 aliphatic heterocycles. The minimum atomic E-state index is -0.229. The van der Waals surface area contributed by atoms with Crippen molar-refractivity contribution in [1.29, 1.82) is 0 Å². The van der Waals surface area contributed by atoms with Crippen LogP contribution >= 0.6 is 0 Å². The normalized spacial score (nSPS) is 35.3. The summed E-state index contributed by atoms with van der Waals surface area (Å²) < 4.78 is 5.98. The molecule has 0 saturated heterocycles. The number of hydrogen-bond donors (Lipinski definition) is 2. The van der Waals surface area contributed by atoms with E-state index in [2.05, 4.69) is 32.2 Å². The summed E-state index contributed by atoms with van der Waals surface area (Å²) >= 11 is 0. The van der Waals surface area contributed by atoms with Crippen LogP contribution < -0.4 is 5.32 Å². The Morgan fingerprint density at radius 3 is 2.90 bits per heavy atom. The summed E-state index contributed by atoms with van der Waals surface area (Å²) in [6.07, 6.45) is 8.57. The molecule has 0 bridgehead atoms. The SMILES string of the molecule is CCCCCNC(=O)O[C@H]1CCC2C3C(CC[C@@]21C)c1ccc(O)cc1C[C@@H]3C. The fourth-order valence-corrected chi connectivity index (χ4v) is 6.85. The van der Waals surface area contributed by atoms with Crippen LogP contribution in [0.4, 0.5) is 4.79 Å². The van der Waals surface area contributed by atoms with Crippen molar-refractivity contribution >= 4 is 6.09 Å². The molecular formula is C25H37NO3. The van der Waals surface area contributed by atoms with Gasteiger partial charge in [-0.05, 0) is 85.5 Å². The van der Waals surface area contributed by atoms with E-state index in [1.807, 2.05) is 12.1 Å². The fourth-order valence-electron chi connectivity index (χ4n) is 6.85. The number of hydrogen-bond acceptors (Lipinski definition) is 3. The molecule has 160 valence electrons. The first-order valence-corrected chi connectivity index (χ1v) is 11.7. The van der Waals surface area contributed by atoms with E-state index in [4.69, 9.17) is 4.74 Å². The highest BCUT2D eigenvalue weighted by Gasteiger charge is 2.57. The van der Waals surface area contributed by atoms with Crippen LogP contribution in [-0.2, 0) is 11.2 Å². The number of aromatic hydroxyl groups is 1. The maximum Gasteiger partial charge on any atom is 0.407 e. The Labute approximate surface area is 175 Å². The third-order valence-electron chi connectivity index (χ3n) is 8.27. The second-order valence-electron chi connectivity index (χ2n) is 10.0. The number of benzene rings is 1. The fraction of sp³-hybridized carbons (Fsp3) is 0.720. The van der Waals surface area contributed by atoms with Crippen molar-refractivity contribution < 1.29 is 14.6 Å². The zero-order valence-electron chi connectivity index (χ0n) is 18.2. The van der Waals surface area contributed by atoms with Crippen molar-refractivity contribution in [3.63, 3.8) is 0 Å². The van der Waals surface area contributed by atoms with Crippen molar-refractivity contribution in [2.45, 2.75) is 84.2 Å². The third kappa shape index (κ3) is 3.75. The van der Waals surface area contributed by atoms with Gasteiger partial charge >= 0.3 is 6.09 Å². The maximum atomic E-state index is 12.4. The van der Waals surface area contributed by atoms with Gasteiger partial charge in [-0.15, -0.1) is 0 Å². The van der Waals surface area contributed by atoms with Gasteiger partial charge < -0.3 is 15.2 Å². The molecule has 4 nitrogen and oxygen atoms in total. The molecule has 0 heterocycles. The van der Waals surface area contributed by atoms with Crippen molar-refractivity contribution in [2.24, 2.45) is 23.2 Å². The van der Waals surface area contributed by atoms with E-state index in [1.165, 1.54) is 11.1 Å². The van der Waals surface area contributed by atoms with Gasteiger partial charge in [0.25, 0.3) is 0 Å². The van der Waals surface area contributed by atoms with Crippen molar-refractivity contribution in [2.75, 3.05) is 6.54 Å². The summed E-state index contributed by atoms with van der Waals surface area (Å²) in [5.41, 5.74) is 2.87. The minimum Gasteiger partial charge on any atom is -0.508 e. The first-order chi connectivity index (χ1) is 13.9. The second kappa shape index (κ2) is 8.20. The molecule has 29 heavy (non-hydrogen) atoms. The number of rotatable bonds is 5. The van der Waals surface area contributed by atoms with Gasteiger partial charge in [0.05, 0.1) is 0 Å². The van der Waals surface area contributed by atoms with Crippen molar-refractivity contribution in [3.8, 4) is 5.75 Å². The van der Waals surface area contributed by atoms with Gasteiger partial charge in [-0.3, -0.25) is 0 Å². The van der Waals surface area contributed by atoms with E-state index < -0.39 is 0 Å². The highest BCUT2D eigenvalue weighted by Crippen LogP contribution is 2.62. The van der Waals surface area contributed by atoms with Gasteiger partial charge in [-0.2, -0.15) is 0 Å². The molecule has 4 heteroatoms. The predicted octanol–water partition coefficient (Wildman–Crippen LogP) is 5.78. The molecule has 6 atom stereocenters. The Morgan fingerprint density at radius 1 is 1.28 bits per heavy atom. The molecular weight excluding hydrogens is 362 g/mol. The highest BCUT2D eigenvalue weighted by atomic mass is 16.6. The Hall–Kier alpha value is -1.71. The van der Waals surface area contributed by atoms with Crippen molar-refractivity contribution in [3.05, 3.63) is 29.3 Å². The monoisotopic (exact) mass is 399 g/mol. The lowest BCUT2D eigenvalue weighted by molar-refractivity contribution is -0.0423.